The molecule has 0 radical (unpaired) electrons. The van der Waals surface area contributed by atoms with E-state index in [1.54, 1.807) is 24.3 Å². The summed E-state index contributed by atoms with van der Waals surface area (Å²) in [5.41, 5.74) is 3.53. The molecule has 0 saturated carbocycles. The number of carbonyl (C=O) groups excluding carboxylic acids is 3. The molecule has 0 saturated heterocycles. The molecule has 2 N–H and O–H groups in total. The van der Waals surface area contributed by atoms with Gasteiger partial charge in [0.1, 0.15) is 25.0 Å². The third-order valence-corrected chi connectivity index (χ3v) is 6.14. The predicted octanol–water partition coefficient (Wildman–Crippen LogP) is 5.60. The van der Waals surface area contributed by atoms with Crippen LogP contribution in [0, 0.1) is 0 Å². The van der Waals surface area contributed by atoms with Gasteiger partial charge in [0.25, 0.3) is 0 Å². The van der Waals surface area contributed by atoms with Crippen LogP contribution in [0.2, 0.25) is 0 Å². The molecular weight excluding hydrogens is 520 g/mol. The van der Waals surface area contributed by atoms with E-state index in [0.717, 1.165) is 22.3 Å². The van der Waals surface area contributed by atoms with Gasteiger partial charge < -0.3 is 24.8 Å². The van der Waals surface area contributed by atoms with Crippen molar-refractivity contribution in [3.05, 3.63) is 138 Å². The summed E-state index contributed by atoms with van der Waals surface area (Å²) in [7, 11) is 0. The molecule has 41 heavy (non-hydrogen) atoms. The van der Waals surface area contributed by atoms with Crippen LogP contribution in [0.3, 0.4) is 0 Å². The molecule has 0 aliphatic rings. The Morgan fingerprint density at radius 3 is 1.73 bits per heavy atom. The summed E-state index contributed by atoms with van der Waals surface area (Å²) in [6, 6.07) is 34.2. The zero-order valence-corrected chi connectivity index (χ0v) is 22.5. The van der Waals surface area contributed by atoms with E-state index in [9.17, 15) is 14.4 Å². The second-order valence-electron chi connectivity index (χ2n) is 9.26. The van der Waals surface area contributed by atoms with Crippen LogP contribution in [-0.4, -0.2) is 30.7 Å². The number of hydrogen-bond donors (Lipinski definition) is 2. The third kappa shape index (κ3) is 10.2. The van der Waals surface area contributed by atoms with Crippen LogP contribution in [0.15, 0.2) is 115 Å². The van der Waals surface area contributed by atoms with E-state index in [-0.39, 0.29) is 25.5 Å². The molecule has 0 aliphatic heterocycles. The maximum Gasteiger partial charge on any atom is 0.514 e. The Morgan fingerprint density at radius 1 is 0.610 bits per heavy atom. The van der Waals surface area contributed by atoms with Gasteiger partial charge in [0.2, 0.25) is 5.91 Å². The lowest BCUT2D eigenvalue weighted by molar-refractivity contribution is -0.123. The van der Waals surface area contributed by atoms with Crippen LogP contribution in [-0.2, 0) is 40.3 Å². The molecule has 0 bridgehead atoms. The number of benzene rings is 4. The Bertz CT molecular complexity index is 1380. The highest BCUT2D eigenvalue weighted by atomic mass is 16.7. The first kappa shape index (κ1) is 28.9. The Balaban J connectivity index is 1.32. The van der Waals surface area contributed by atoms with Crippen molar-refractivity contribution in [1.82, 2.24) is 10.6 Å². The topological polar surface area (TPSA) is 103 Å². The minimum Gasteiger partial charge on any atom is -0.445 e. The monoisotopic (exact) mass is 552 g/mol. The van der Waals surface area contributed by atoms with Crippen LogP contribution < -0.4 is 15.4 Å². The van der Waals surface area contributed by atoms with Gasteiger partial charge in [-0.05, 0) is 40.8 Å². The molecule has 0 spiro atoms. The van der Waals surface area contributed by atoms with Gasteiger partial charge >= 0.3 is 12.2 Å². The van der Waals surface area contributed by atoms with Crippen LogP contribution in [0.4, 0.5) is 9.59 Å². The van der Waals surface area contributed by atoms with E-state index in [1.165, 1.54) is 0 Å². The molecule has 8 nitrogen and oxygen atoms in total. The van der Waals surface area contributed by atoms with Crippen molar-refractivity contribution < 1.29 is 28.6 Å². The fourth-order valence-corrected chi connectivity index (χ4v) is 3.99. The summed E-state index contributed by atoms with van der Waals surface area (Å²) in [5, 5.41) is 5.59. The maximum atomic E-state index is 13.1. The average Bonchev–Trinajstić information content (AvgIpc) is 3.01. The summed E-state index contributed by atoms with van der Waals surface area (Å²) in [6.45, 7) is 0.601. The van der Waals surface area contributed by atoms with Gasteiger partial charge in [0.05, 0.1) is 0 Å². The zero-order chi connectivity index (χ0) is 28.7. The Labute approximate surface area is 239 Å². The molecule has 2 amide bonds. The molecule has 210 valence electrons. The molecule has 4 aromatic rings. The summed E-state index contributed by atoms with van der Waals surface area (Å²) in [6.07, 6.45) is -0.654. The highest BCUT2D eigenvalue weighted by molar-refractivity contribution is 5.86. The third-order valence-electron chi connectivity index (χ3n) is 6.14. The molecule has 0 fully saturated rings. The van der Waals surface area contributed by atoms with Crippen molar-refractivity contribution >= 4 is 18.2 Å². The zero-order valence-electron chi connectivity index (χ0n) is 22.5. The minimum absolute atomic E-state index is 0.0847. The Morgan fingerprint density at radius 2 is 1.15 bits per heavy atom. The summed E-state index contributed by atoms with van der Waals surface area (Å²) >= 11 is 0. The SMILES string of the molecule is O=C(N[C@@H](Cc1ccc(OC(=O)OCc2ccccc2)cc1)C(=O)NCCc1ccccc1)OCc1ccccc1. The smallest absolute Gasteiger partial charge is 0.445 e. The second kappa shape index (κ2) is 15.5. The van der Waals surface area contributed by atoms with Gasteiger partial charge in [-0.1, -0.05) is 103 Å². The average molecular weight is 553 g/mol. The van der Waals surface area contributed by atoms with Crippen LogP contribution >= 0.6 is 0 Å². The highest BCUT2D eigenvalue weighted by Gasteiger charge is 2.22. The molecule has 4 aromatic carbocycles. The van der Waals surface area contributed by atoms with Gasteiger partial charge in [-0.25, -0.2) is 9.59 Å². The standard InChI is InChI=1S/C33H32N2O6/c36-31(34-21-20-25-10-4-1-5-11-25)30(35-32(37)39-23-27-12-6-2-7-13-27)22-26-16-18-29(19-17-26)41-33(38)40-24-28-14-8-3-9-15-28/h1-19,30H,20-24H2,(H,34,36)(H,35,37)/t30-/m0/s1. The summed E-state index contributed by atoms with van der Waals surface area (Å²) in [5.74, 6) is -0.0340. The fourth-order valence-electron chi connectivity index (χ4n) is 3.99. The van der Waals surface area contributed by atoms with Crippen LogP contribution in [0.25, 0.3) is 0 Å². The molecule has 0 aromatic heterocycles. The van der Waals surface area contributed by atoms with E-state index >= 15 is 0 Å². The summed E-state index contributed by atoms with van der Waals surface area (Å²) < 4.78 is 15.7. The number of alkyl carbamates (subject to hydrolysis) is 1. The summed E-state index contributed by atoms with van der Waals surface area (Å²) in [4.78, 5) is 37.7. The maximum absolute atomic E-state index is 13.1. The Hall–Kier alpha value is -5.11. The van der Waals surface area contributed by atoms with Crippen molar-refractivity contribution in [3.8, 4) is 5.75 Å². The number of carbonyl (C=O) groups is 3. The van der Waals surface area contributed by atoms with E-state index in [2.05, 4.69) is 10.6 Å². The number of nitrogens with one attached hydrogen (secondary N) is 2. The van der Waals surface area contributed by atoms with E-state index < -0.39 is 18.3 Å². The molecule has 1 atom stereocenters. The largest absolute Gasteiger partial charge is 0.514 e. The van der Waals surface area contributed by atoms with Crippen molar-refractivity contribution in [2.75, 3.05) is 6.54 Å². The number of amides is 2. The molecule has 0 unspecified atom stereocenters. The molecule has 4 rings (SSSR count). The predicted molar refractivity (Wildman–Crippen MR) is 154 cm³/mol. The van der Waals surface area contributed by atoms with Gasteiger partial charge in [-0.15, -0.1) is 0 Å². The van der Waals surface area contributed by atoms with Crippen molar-refractivity contribution in [2.24, 2.45) is 0 Å². The molecule has 0 heterocycles. The minimum atomic E-state index is -0.878. The first-order valence-electron chi connectivity index (χ1n) is 13.3. The molecule has 0 aliphatic carbocycles. The second-order valence-corrected chi connectivity index (χ2v) is 9.26. The van der Waals surface area contributed by atoms with Crippen molar-refractivity contribution in [3.63, 3.8) is 0 Å². The van der Waals surface area contributed by atoms with Gasteiger partial charge in [0.15, 0.2) is 0 Å². The molecular formula is C33H32N2O6. The molecule has 8 heteroatoms. The first-order chi connectivity index (χ1) is 20.0. The van der Waals surface area contributed by atoms with E-state index in [0.29, 0.717) is 18.7 Å². The number of ether oxygens (including phenoxy) is 3. The lowest BCUT2D eigenvalue weighted by Gasteiger charge is -2.19. The van der Waals surface area contributed by atoms with E-state index in [4.69, 9.17) is 14.2 Å². The number of rotatable bonds is 12. The van der Waals surface area contributed by atoms with E-state index in [1.807, 2.05) is 91.0 Å². The van der Waals surface area contributed by atoms with Crippen molar-refractivity contribution in [2.45, 2.75) is 32.1 Å². The lowest BCUT2D eigenvalue weighted by Crippen LogP contribution is -2.48. The normalized spacial score (nSPS) is 11.1. The van der Waals surface area contributed by atoms with Crippen molar-refractivity contribution in [1.29, 1.82) is 0 Å². The number of hydrogen-bond acceptors (Lipinski definition) is 6. The van der Waals surface area contributed by atoms with Gasteiger partial charge in [0, 0.05) is 13.0 Å². The first-order valence-corrected chi connectivity index (χ1v) is 13.3. The van der Waals surface area contributed by atoms with Gasteiger partial charge in [-0.2, -0.15) is 0 Å². The fraction of sp³-hybridized carbons (Fsp3) is 0.182. The highest BCUT2D eigenvalue weighted by Crippen LogP contribution is 2.15. The lowest BCUT2D eigenvalue weighted by atomic mass is 10.0. The van der Waals surface area contributed by atoms with Crippen LogP contribution in [0.5, 0.6) is 5.75 Å². The quantitative estimate of drug-likeness (QED) is 0.175. The van der Waals surface area contributed by atoms with Gasteiger partial charge in [-0.3, -0.25) is 4.79 Å². The Kier molecular flexibility index (Phi) is 10.9. The van der Waals surface area contributed by atoms with Crippen LogP contribution in [0.1, 0.15) is 22.3 Å².